The van der Waals surface area contributed by atoms with Crippen molar-refractivity contribution in [3.63, 3.8) is 0 Å². The molecule has 7 nitrogen and oxygen atoms in total. The van der Waals surface area contributed by atoms with E-state index in [9.17, 15) is 4.79 Å². The molecule has 0 aliphatic rings. The zero-order chi connectivity index (χ0) is 18.8. The van der Waals surface area contributed by atoms with Crippen LogP contribution in [0.5, 0.6) is 0 Å². The fraction of sp³-hybridized carbons (Fsp3) is 0.421. The Morgan fingerprint density at radius 2 is 1.89 bits per heavy atom. The van der Waals surface area contributed by atoms with E-state index in [4.69, 9.17) is 4.52 Å². The first kappa shape index (κ1) is 22.9. The molecule has 0 radical (unpaired) electrons. The molecule has 0 bridgehead atoms. The summed E-state index contributed by atoms with van der Waals surface area (Å²) in [5, 5.41) is 13.0. The molecule has 27 heavy (non-hydrogen) atoms. The predicted molar refractivity (Wildman–Crippen MR) is 119 cm³/mol. The van der Waals surface area contributed by atoms with Crippen molar-refractivity contribution in [1.82, 2.24) is 15.8 Å². The Morgan fingerprint density at radius 3 is 2.52 bits per heavy atom. The van der Waals surface area contributed by atoms with Gasteiger partial charge in [-0.05, 0) is 25.0 Å². The molecule has 0 saturated carbocycles. The van der Waals surface area contributed by atoms with Crippen LogP contribution >= 0.6 is 24.0 Å². The third kappa shape index (κ3) is 7.58. The Kier molecular flexibility index (Phi) is 10.5. The molecule has 0 spiro atoms. The number of hydrogen-bond donors (Lipinski definition) is 3. The van der Waals surface area contributed by atoms with E-state index in [2.05, 4.69) is 39.9 Å². The Balaban J connectivity index is 0.00000364. The molecular formula is C19H28IN5O2. The summed E-state index contributed by atoms with van der Waals surface area (Å²) in [5.41, 5.74) is 1.75. The number of para-hydroxylation sites is 1. The van der Waals surface area contributed by atoms with Crippen molar-refractivity contribution in [2.75, 3.05) is 18.9 Å². The molecule has 3 N–H and O–H groups in total. The van der Waals surface area contributed by atoms with Crippen LogP contribution in [0.25, 0.3) is 0 Å². The number of carbonyl (C=O) groups is 1. The van der Waals surface area contributed by atoms with Gasteiger partial charge in [0.05, 0.1) is 18.8 Å². The third-order valence-electron chi connectivity index (χ3n) is 4.11. The Labute approximate surface area is 177 Å². The molecule has 2 aromatic rings. The number of hydrogen-bond acceptors (Lipinski definition) is 4. The molecule has 0 saturated heterocycles. The number of nitrogens with zero attached hydrogens (tertiary/aromatic N) is 2. The number of guanidine groups is 1. The van der Waals surface area contributed by atoms with E-state index >= 15 is 0 Å². The molecule has 8 heteroatoms. The smallest absolute Gasteiger partial charge is 0.243 e. The summed E-state index contributed by atoms with van der Waals surface area (Å²) in [6, 6.07) is 11.3. The second kappa shape index (κ2) is 12.3. The summed E-state index contributed by atoms with van der Waals surface area (Å²) < 4.78 is 5.37. The van der Waals surface area contributed by atoms with Crippen LogP contribution in [-0.2, 0) is 11.3 Å². The van der Waals surface area contributed by atoms with Gasteiger partial charge in [-0.1, -0.05) is 37.2 Å². The molecule has 148 valence electrons. The van der Waals surface area contributed by atoms with Crippen LogP contribution in [0.3, 0.4) is 0 Å². The molecule has 0 fully saturated rings. The highest BCUT2D eigenvalue weighted by molar-refractivity contribution is 14.0. The van der Waals surface area contributed by atoms with E-state index in [-0.39, 0.29) is 36.4 Å². The van der Waals surface area contributed by atoms with Crippen molar-refractivity contribution in [2.45, 2.75) is 39.2 Å². The number of halogens is 1. The lowest BCUT2D eigenvalue weighted by Crippen LogP contribution is -2.41. The molecule has 1 amide bonds. The molecule has 1 aromatic carbocycles. The van der Waals surface area contributed by atoms with Crippen LogP contribution < -0.4 is 16.0 Å². The molecular weight excluding hydrogens is 457 g/mol. The van der Waals surface area contributed by atoms with Crippen molar-refractivity contribution < 1.29 is 9.32 Å². The monoisotopic (exact) mass is 485 g/mol. The summed E-state index contributed by atoms with van der Waals surface area (Å²) in [4.78, 5) is 16.1. The largest absolute Gasteiger partial charge is 0.359 e. The Bertz CT molecular complexity index is 714. The first-order chi connectivity index (χ1) is 12.7. The van der Waals surface area contributed by atoms with Gasteiger partial charge in [0.25, 0.3) is 0 Å². The minimum absolute atomic E-state index is 0. The van der Waals surface area contributed by atoms with Crippen molar-refractivity contribution in [3.8, 4) is 0 Å². The van der Waals surface area contributed by atoms with Gasteiger partial charge in [0.1, 0.15) is 0 Å². The number of aromatic nitrogens is 1. The van der Waals surface area contributed by atoms with E-state index in [0.29, 0.717) is 18.4 Å². The average molecular weight is 485 g/mol. The average Bonchev–Trinajstić information content (AvgIpc) is 3.12. The fourth-order valence-electron chi connectivity index (χ4n) is 2.59. The highest BCUT2D eigenvalue weighted by Gasteiger charge is 2.13. The van der Waals surface area contributed by atoms with Gasteiger partial charge in [-0.3, -0.25) is 9.79 Å². The summed E-state index contributed by atoms with van der Waals surface area (Å²) in [6.45, 7) is 4.86. The molecule has 0 atom stereocenters. The van der Waals surface area contributed by atoms with Crippen LogP contribution in [0.2, 0.25) is 0 Å². The zero-order valence-corrected chi connectivity index (χ0v) is 18.3. The maximum atomic E-state index is 12.0. The van der Waals surface area contributed by atoms with Crippen LogP contribution in [0, 0.1) is 0 Å². The molecule has 1 heterocycles. The lowest BCUT2D eigenvalue weighted by Gasteiger charge is -2.11. The van der Waals surface area contributed by atoms with E-state index in [1.165, 1.54) is 0 Å². The van der Waals surface area contributed by atoms with Crippen LogP contribution in [0.1, 0.15) is 44.1 Å². The topological polar surface area (TPSA) is 91.5 Å². The van der Waals surface area contributed by atoms with Gasteiger partial charge < -0.3 is 20.5 Å². The summed E-state index contributed by atoms with van der Waals surface area (Å²) in [7, 11) is 1.65. The SMILES string of the molecule is CCC(CC)c1cc(CNC(=NC)NCC(=O)Nc2ccccc2)on1.I. The quantitative estimate of drug-likeness (QED) is 0.303. The predicted octanol–water partition coefficient (Wildman–Crippen LogP) is 3.50. The number of amides is 1. The summed E-state index contributed by atoms with van der Waals surface area (Å²) in [6.07, 6.45) is 2.07. The number of nitrogens with one attached hydrogen (secondary N) is 3. The molecule has 1 aromatic heterocycles. The molecule has 2 rings (SSSR count). The summed E-state index contributed by atoms with van der Waals surface area (Å²) >= 11 is 0. The van der Waals surface area contributed by atoms with Gasteiger partial charge in [-0.2, -0.15) is 0 Å². The van der Waals surface area contributed by atoms with E-state index in [1.807, 2.05) is 36.4 Å². The van der Waals surface area contributed by atoms with Crippen molar-refractivity contribution in [3.05, 3.63) is 47.9 Å². The van der Waals surface area contributed by atoms with Crippen LogP contribution in [0.4, 0.5) is 5.69 Å². The molecule has 0 aliphatic carbocycles. The van der Waals surface area contributed by atoms with E-state index in [0.717, 1.165) is 30.0 Å². The highest BCUT2D eigenvalue weighted by atomic mass is 127. The van der Waals surface area contributed by atoms with E-state index in [1.54, 1.807) is 7.05 Å². The second-order valence-electron chi connectivity index (χ2n) is 5.93. The Hall–Kier alpha value is -2.10. The van der Waals surface area contributed by atoms with Crippen molar-refractivity contribution in [2.24, 2.45) is 4.99 Å². The first-order valence-electron chi connectivity index (χ1n) is 8.91. The van der Waals surface area contributed by atoms with Crippen molar-refractivity contribution in [1.29, 1.82) is 0 Å². The lowest BCUT2D eigenvalue weighted by molar-refractivity contribution is -0.115. The van der Waals surface area contributed by atoms with Gasteiger partial charge in [0.2, 0.25) is 5.91 Å². The van der Waals surface area contributed by atoms with Crippen LogP contribution in [-0.4, -0.2) is 30.6 Å². The first-order valence-corrected chi connectivity index (χ1v) is 8.91. The van der Waals surface area contributed by atoms with Gasteiger partial charge >= 0.3 is 0 Å². The third-order valence-corrected chi connectivity index (χ3v) is 4.11. The number of aliphatic imine (C=N–C) groups is 1. The van der Waals surface area contributed by atoms with Crippen molar-refractivity contribution >= 4 is 41.5 Å². The standard InChI is InChI=1S/C19H27N5O2.HI/c1-4-14(5-2)17-11-16(26-24-17)12-21-19(20-3)22-13-18(25)23-15-9-7-6-8-10-15;/h6-11,14H,4-5,12-13H2,1-3H3,(H,23,25)(H2,20,21,22);1H. The second-order valence-corrected chi connectivity index (χ2v) is 5.93. The number of anilines is 1. The normalized spacial score (nSPS) is 11.0. The summed E-state index contributed by atoms with van der Waals surface area (Å²) in [5.74, 6) is 1.54. The van der Waals surface area contributed by atoms with Gasteiger partial charge in [-0.15, -0.1) is 24.0 Å². The van der Waals surface area contributed by atoms with Crippen LogP contribution in [0.15, 0.2) is 45.9 Å². The van der Waals surface area contributed by atoms with Gasteiger partial charge in [-0.25, -0.2) is 0 Å². The van der Waals surface area contributed by atoms with Gasteiger partial charge in [0, 0.05) is 24.7 Å². The minimum Gasteiger partial charge on any atom is -0.359 e. The fourth-order valence-corrected chi connectivity index (χ4v) is 2.59. The minimum atomic E-state index is -0.144. The van der Waals surface area contributed by atoms with E-state index < -0.39 is 0 Å². The zero-order valence-electron chi connectivity index (χ0n) is 16.0. The Morgan fingerprint density at radius 1 is 1.19 bits per heavy atom. The number of rotatable bonds is 8. The maximum Gasteiger partial charge on any atom is 0.243 e. The number of benzene rings is 1. The van der Waals surface area contributed by atoms with Gasteiger partial charge in [0.15, 0.2) is 11.7 Å². The molecule has 0 unspecified atom stereocenters. The maximum absolute atomic E-state index is 12.0. The highest BCUT2D eigenvalue weighted by Crippen LogP contribution is 2.22. The number of carbonyl (C=O) groups excluding carboxylic acids is 1. The lowest BCUT2D eigenvalue weighted by atomic mass is 9.99. The molecule has 0 aliphatic heterocycles.